The van der Waals surface area contributed by atoms with Crippen LogP contribution in [0.25, 0.3) is 11.3 Å². The first-order chi connectivity index (χ1) is 12.7. The fourth-order valence-electron chi connectivity index (χ4n) is 2.99. The van der Waals surface area contributed by atoms with Crippen molar-refractivity contribution in [2.24, 2.45) is 7.05 Å². The summed E-state index contributed by atoms with van der Waals surface area (Å²) < 4.78 is 1.79. The van der Waals surface area contributed by atoms with Gasteiger partial charge in [-0.1, -0.05) is 0 Å². The van der Waals surface area contributed by atoms with Crippen LogP contribution < -0.4 is 10.2 Å². The van der Waals surface area contributed by atoms with Crippen molar-refractivity contribution in [2.45, 2.75) is 6.54 Å². The van der Waals surface area contributed by atoms with Crippen molar-refractivity contribution < 1.29 is 0 Å². The van der Waals surface area contributed by atoms with E-state index in [0.29, 0.717) is 6.54 Å². The summed E-state index contributed by atoms with van der Waals surface area (Å²) in [5.74, 6) is 0.876. The molecule has 1 saturated heterocycles. The van der Waals surface area contributed by atoms with Gasteiger partial charge in [-0.05, 0) is 19.2 Å². The van der Waals surface area contributed by atoms with E-state index < -0.39 is 0 Å². The number of nitrogens with zero attached hydrogens (tertiary/aromatic N) is 6. The van der Waals surface area contributed by atoms with Crippen LogP contribution in [0.4, 0.5) is 11.5 Å². The number of aryl methyl sites for hydroxylation is 1. The van der Waals surface area contributed by atoms with Crippen LogP contribution in [0, 0.1) is 0 Å². The lowest BCUT2D eigenvalue weighted by Gasteiger charge is -2.33. The lowest BCUT2D eigenvalue weighted by atomic mass is 10.3. The Kier molecular flexibility index (Phi) is 4.85. The molecule has 1 aliphatic rings. The summed E-state index contributed by atoms with van der Waals surface area (Å²) in [6.45, 7) is 4.99. The molecule has 0 aliphatic carbocycles. The lowest BCUT2D eigenvalue weighted by molar-refractivity contribution is 0.313. The molecule has 4 rings (SSSR count). The summed E-state index contributed by atoms with van der Waals surface area (Å²) >= 11 is 1.65. The number of anilines is 2. The van der Waals surface area contributed by atoms with Crippen LogP contribution in [-0.2, 0) is 13.6 Å². The lowest BCUT2D eigenvalue weighted by Crippen LogP contribution is -2.44. The van der Waals surface area contributed by atoms with Crippen molar-refractivity contribution in [3.63, 3.8) is 0 Å². The largest absolute Gasteiger partial charge is 0.368 e. The molecule has 4 heterocycles. The first-order valence-electron chi connectivity index (χ1n) is 8.74. The number of thiazole rings is 1. The van der Waals surface area contributed by atoms with Crippen LogP contribution in [0.15, 0.2) is 36.1 Å². The van der Waals surface area contributed by atoms with E-state index in [2.05, 4.69) is 48.7 Å². The molecule has 0 atom stereocenters. The van der Waals surface area contributed by atoms with Gasteiger partial charge in [-0.25, -0.2) is 9.97 Å². The van der Waals surface area contributed by atoms with E-state index in [0.717, 1.165) is 48.3 Å². The Morgan fingerprint density at radius 3 is 2.65 bits per heavy atom. The number of likely N-dealkylation sites (N-methyl/N-ethyl adjacent to an activating group) is 1. The molecular formula is C18H23N7S. The predicted octanol–water partition coefficient (Wildman–Crippen LogP) is 2.30. The Balaban J connectivity index is 1.34. The second-order valence-corrected chi connectivity index (χ2v) is 7.52. The van der Waals surface area contributed by atoms with E-state index in [1.54, 1.807) is 16.0 Å². The molecule has 136 valence electrons. The second kappa shape index (κ2) is 7.43. The van der Waals surface area contributed by atoms with Crippen molar-refractivity contribution in [1.82, 2.24) is 24.6 Å². The SMILES string of the molecule is CN1CCN(c2ccc(NCc3nc(-c4cnn(C)c4)cs3)nc2)CC1. The average molecular weight is 369 g/mol. The molecule has 1 N–H and O–H groups in total. The fraction of sp³-hybridized carbons (Fsp3) is 0.389. The Bertz CT molecular complexity index is 847. The molecule has 0 unspecified atom stereocenters. The van der Waals surface area contributed by atoms with Crippen molar-refractivity contribution >= 4 is 22.8 Å². The third-order valence-corrected chi connectivity index (χ3v) is 5.44. The summed E-state index contributed by atoms with van der Waals surface area (Å²) in [7, 11) is 4.08. The van der Waals surface area contributed by atoms with Crippen molar-refractivity contribution in [3.8, 4) is 11.3 Å². The van der Waals surface area contributed by atoms with Crippen molar-refractivity contribution in [3.05, 3.63) is 41.1 Å². The Labute approximate surface area is 157 Å². The van der Waals surface area contributed by atoms with Gasteiger partial charge in [0, 0.05) is 50.4 Å². The highest BCUT2D eigenvalue weighted by molar-refractivity contribution is 7.09. The molecule has 26 heavy (non-hydrogen) atoms. The van der Waals surface area contributed by atoms with Gasteiger partial charge in [0.15, 0.2) is 0 Å². The van der Waals surface area contributed by atoms with E-state index >= 15 is 0 Å². The van der Waals surface area contributed by atoms with Crippen molar-refractivity contribution in [2.75, 3.05) is 43.4 Å². The standard InChI is InChI=1S/C18H23N7S/c1-23-5-7-25(8-6-23)15-3-4-17(19-10-15)20-11-18-22-16(13-26-18)14-9-21-24(2)12-14/h3-4,9-10,12-13H,5-8,11H2,1-2H3,(H,19,20). The second-order valence-electron chi connectivity index (χ2n) is 6.57. The zero-order valence-electron chi connectivity index (χ0n) is 15.1. The molecule has 0 amide bonds. The van der Waals surface area contributed by atoms with Gasteiger partial charge < -0.3 is 15.1 Å². The van der Waals surface area contributed by atoms with Gasteiger partial charge in [0.2, 0.25) is 0 Å². The van der Waals surface area contributed by atoms with Crippen LogP contribution in [0.2, 0.25) is 0 Å². The summed E-state index contributed by atoms with van der Waals surface area (Å²) in [6, 6.07) is 4.19. The predicted molar refractivity (Wildman–Crippen MR) is 106 cm³/mol. The quantitative estimate of drug-likeness (QED) is 0.745. The minimum Gasteiger partial charge on any atom is -0.368 e. The topological polar surface area (TPSA) is 62.1 Å². The van der Waals surface area contributed by atoms with E-state index in [9.17, 15) is 0 Å². The smallest absolute Gasteiger partial charge is 0.126 e. The monoisotopic (exact) mass is 369 g/mol. The highest BCUT2D eigenvalue weighted by Crippen LogP contribution is 2.22. The number of piperazine rings is 1. The van der Waals surface area contributed by atoms with E-state index in [1.807, 2.05) is 31.7 Å². The number of rotatable bonds is 5. The molecule has 0 aromatic carbocycles. The summed E-state index contributed by atoms with van der Waals surface area (Å²) in [6.07, 6.45) is 5.77. The van der Waals surface area contributed by atoms with E-state index in [1.165, 1.54) is 5.69 Å². The number of hydrogen-bond donors (Lipinski definition) is 1. The van der Waals surface area contributed by atoms with Crippen molar-refractivity contribution in [1.29, 1.82) is 0 Å². The minimum atomic E-state index is 0.672. The molecule has 3 aromatic heterocycles. The summed E-state index contributed by atoms with van der Waals surface area (Å²) in [5, 5.41) is 10.7. The molecule has 1 aliphatic heterocycles. The van der Waals surface area contributed by atoms with E-state index in [-0.39, 0.29) is 0 Å². The number of aromatic nitrogens is 4. The number of nitrogens with one attached hydrogen (secondary N) is 1. The van der Waals surface area contributed by atoms with Gasteiger partial charge in [-0.15, -0.1) is 11.3 Å². The zero-order chi connectivity index (χ0) is 17.9. The van der Waals surface area contributed by atoms with Gasteiger partial charge in [0.1, 0.15) is 10.8 Å². The molecule has 0 saturated carbocycles. The fourth-order valence-corrected chi connectivity index (χ4v) is 3.73. The van der Waals surface area contributed by atoms with Crippen LogP contribution >= 0.6 is 11.3 Å². The molecule has 1 fully saturated rings. The first kappa shape index (κ1) is 17.0. The Morgan fingerprint density at radius 1 is 1.12 bits per heavy atom. The third-order valence-electron chi connectivity index (χ3n) is 4.59. The van der Waals surface area contributed by atoms with Gasteiger partial charge in [0.05, 0.1) is 30.3 Å². The maximum atomic E-state index is 4.67. The zero-order valence-corrected chi connectivity index (χ0v) is 15.9. The van der Waals surface area contributed by atoms with Gasteiger partial charge in [-0.3, -0.25) is 4.68 Å². The molecular weight excluding hydrogens is 346 g/mol. The summed E-state index contributed by atoms with van der Waals surface area (Å²) in [4.78, 5) is 14.0. The number of pyridine rings is 1. The van der Waals surface area contributed by atoms with Gasteiger partial charge >= 0.3 is 0 Å². The minimum absolute atomic E-state index is 0.672. The normalized spacial score (nSPS) is 15.4. The molecule has 7 nitrogen and oxygen atoms in total. The molecule has 0 spiro atoms. The van der Waals surface area contributed by atoms with Crippen LogP contribution in [0.5, 0.6) is 0 Å². The molecule has 0 radical (unpaired) electrons. The van der Waals surface area contributed by atoms with E-state index in [4.69, 9.17) is 0 Å². The Hall–Kier alpha value is -2.45. The molecule has 3 aromatic rings. The van der Waals surface area contributed by atoms with Crippen LogP contribution in [-0.4, -0.2) is 57.9 Å². The Morgan fingerprint density at radius 2 is 1.96 bits per heavy atom. The highest BCUT2D eigenvalue weighted by Gasteiger charge is 2.14. The first-order valence-corrected chi connectivity index (χ1v) is 9.62. The van der Waals surface area contributed by atoms with Crippen LogP contribution in [0.1, 0.15) is 5.01 Å². The van der Waals surface area contributed by atoms with Gasteiger partial charge in [-0.2, -0.15) is 5.10 Å². The maximum Gasteiger partial charge on any atom is 0.126 e. The summed E-state index contributed by atoms with van der Waals surface area (Å²) in [5.41, 5.74) is 3.21. The maximum absolute atomic E-state index is 4.67. The highest BCUT2D eigenvalue weighted by atomic mass is 32.1. The number of hydrogen-bond acceptors (Lipinski definition) is 7. The van der Waals surface area contributed by atoms with Gasteiger partial charge in [0.25, 0.3) is 0 Å². The molecule has 8 heteroatoms. The van der Waals surface area contributed by atoms with Crippen LogP contribution in [0.3, 0.4) is 0 Å². The molecule has 0 bridgehead atoms. The third kappa shape index (κ3) is 3.86. The average Bonchev–Trinajstić information content (AvgIpc) is 3.30.